The van der Waals surface area contributed by atoms with Crippen LogP contribution in [0.15, 0.2) is 48.5 Å². The van der Waals surface area contributed by atoms with Crippen LogP contribution in [0.4, 0.5) is 0 Å². The SMILES string of the molecule is OC(CNC1CCc2cc(Cl)ccc21)c1ccccc1. The number of benzene rings is 2. The Hall–Kier alpha value is -1.35. The number of nitrogens with one attached hydrogen (secondary N) is 1. The Morgan fingerprint density at radius 2 is 2.00 bits per heavy atom. The molecule has 0 aliphatic heterocycles. The quantitative estimate of drug-likeness (QED) is 0.900. The summed E-state index contributed by atoms with van der Waals surface area (Å²) in [6.07, 6.45) is 1.65. The molecule has 20 heavy (non-hydrogen) atoms. The minimum absolute atomic E-state index is 0.320. The second-order valence-electron chi connectivity index (χ2n) is 5.27. The molecule has 0 spiro atoms. The van der Waals surface area contributed by atoms with Gasteiger partial charge in [-0.1, -0.05) is 48.0 Å². The molecule has 0 heterocycles. The molecule has 0 amide bonds. The molecule has 104 valence electrons. The van der Waals surface area contributed by atoms with E-state index in [1.54, 1.807) is 0 Å². The molecule has 2 nitrogen and oxygen atoms in total. The van der Waals surface area contributed by atoms with E-state index >= 15 is 0 Å². The minimum atomic E-state index is -0.465. The average molecular weight is 288 g/mol. The number of halogens is 1. The van der Waals surface area contributed by atoms with Gasteiger partial charge >= 0.3 is 0 Å². The first-order valence-electron chi connectivity index (χ1n) is 6.99. The van der Waals surface area contributed by atoms with Crippen LogP contribution >= 0.6 is 11.6 Å². The highest BCUT2D eigenvalue weighted by Crippen LogP contribution is 2.33. The van der Waals surface area contributed by atoms with Gasteiger partial charge in [-0.25, -0.2) is 0 Å². The number of hydrogen-bond acceptors (Lipinski definition) is 2. The second-order valence-corrected chi connectivity index (χ2v) is 5.71. The summed E-state index contributed by atoms with van der Waals surface area (Å²) in [5.74, 6) is 0. The summed E-state index contributed by atoms with van der Waals surface area (Å²) in [4.78, 5) is 0. The molecule has 2 N–H and O–H groups in total. The fraction of sp³-hybridized carbons (Fsp3) is 0.294. The Labute approximate surface area is 124 Å². The van der Waals surface area contributed by atoms with Gasteiger partial charge in [-0.15, -0.1) is 0 Å². The van der Waals surface area contributed by atoms with E-state index in [4.69, 9.17) is 11.6 Å². The van der Waals surface area contributed by atoms with Crippen molar-refractivity contribution in [1.82, 2.24) is 5.32 Å². The maximum Gasteiger partial charge on any atom is 0.0914 e. The van der Waals surface area contributed by atoms with Crippen molar-refractivity contribution in [3.05, 3.63) is 70.2 Å². The lowest BCUT2D eigenvalue weighted by Crippen LogP contribution is -2.25. The Morgan fingerprint density at radius 1 is 1.20 bits per heavy atom. The molecule has 0 saturated heterocycles. The van der Waals surface area contributed by atoms with E-state index in [9.17, 15) is 5.11 Å². The van der Waals surface area contributed by atoms with E-state index in [0.717, 1.165) is 23.4 Å². The Morgan fingerprint density at radius 3 is 2.80 bits per heavy atom. The van der Waals surface area contributed by atoms with Crippen molar-refractivity contribution in [3.8, 4) is 0 Å². The molecule has 1 aliphatic rings. The van der Waals surface area contributed by atoms with Crippen LogP contribution < -0.4 is 5.32 Å². The normalized spacial score (nSPS) is 18.8. The van der Waals surface area contributed by atoms with Crippen LogP contribution in [0.25, 0.3) is 0 Å². The fourth-order valence-corrected chi connectivity index (χ4v) is 3.04. The van der Waals surface area contributed by atoms with Gasteiger partial charge < -0.3 is 10.4 Å². The third-order valence-electron chi connectivity index (χ3n) is 3.92. The third kappa shape index (κ3) is 2.88. The molecule has 0 aromatic heterocycles. The number of rotatable bonds is 4. The number of hydrogen-bond donors (Lipinski definition) is 2. The zero-order chi connectivity index (χ0) is 13.9. The Kier molecular flexibility index (Phi) is 4.06. The molecule has 0 fully saturated rings. The van der Waals surface area contributed by atoms with Gasteiger partial charge in [0.1, 0.15) is 0 Å². The molecule has 0 radical (unpaired) electrons. The smallest absolute Gasteiger partial charge is 0.0914 e. The highest BCUT2D eigenvalue weighted by molar-refractivity contribution is 6.30. The van der Waals surface area contributed by atoms with Crippen LogP contribution in [0.5, 0.6) is 0 Å². The monoisotopic (exact) mass is 287 g/mol. The molecule has 1 aliphatic carbocycles. The summed E-state index contributed by atoms with van der Waals surface area (Å²) in [7, 11) is 0. The summed E-state index contributed by atoms with van der Waals surface area (Å²) in [6.45, 7) is 0.566. The van der Waals surface area contributed by atoms with Crippen molar-refractivity contribution in [2.45, 2.75) is 25.0 Å². The van der Waals surface area contributed by atoms with E-state index < -0.39 is 6.10 Å². The lowest BCUT2D eigenvalue weighted by Gasteiger charge is -2.17. The predicted octanol–water partition coefficient (Wildman–Crippen LogP) is 3.65. The number of aliphatic hydroxyl groups excluding tert-OH is 1. The maximum atomic E-state index is 10.2. The summed E-state index contributed by atoms with van der Waals surface area (Å²) < 4.78 is 0. The molecule has 0 saturated carbocycles. The van der Waals surface area contributed by atoms with Crippen molar-refractivity contribution in [2.24, 2.45) is 0 Å². The van der Waals surface area contributed by atoms with Gasteiger partial charge in [-0.3, -0.25) is 0 Å². The van der Waals surface area contributed by atoms with Gasteiger partial charge in [-0.05, 0) is 41.7 Å². The molecule has 3 heteroatoms. The van der Waals surface area contributed by atoms with E-state index in [1.807, 2.05) is 42.5 Å². The molecule has 2 unspecified atom stereocenters. The Bertz CT molecular complexity index is 585. The molecule has 0 bridgehead atoms. The third-order valence-corrected chi connectivity index (χ3v) is 4.16. The van der Waals surface area contributed by atoms with E-state index in [1.165, 1.54) is 11.1 Å². The van der Waals surface area contributed by atoms with Gasteiger partial charge in [0.05, 0.1) is 6.10 Å². The van der Waals surface area contributed by atoms with E-state index in [2.05, 4.69) is 11.4 Å². The second kappa shape index (κ2) is 5.96. The first-order chi connectivity index (χ1) is 9.74. The predicted molar refractivity (Wildman–Crippen MR) is 81.9 cm³/mol. The minimum Gasteiger partial charge on any atom is -0.387 e. The van der Waals surface area contributed by atoms with Gasteiger partial charge in [-0.2, -0.15) is 0 Å². The zero-order valence-corrected chi connectivity index (χ0v) is 12.0. The summed E-state index contributed by atoms with van der Waals surface area (Å²) >= 11 is 6.02. The maximum absolute atomic E-state index is 10.2. The number of aryl methyl sites for hydroxylation is 1. The van der Waals surface area contributed by atoms with Crippen LogP contribution in [0.1, 0.15) is 35.3 Å². The lowest BCUT2D eigenvalue weighted by molar-refractivity contribution is 0.169. The fourth-order valence-electron chi connectivity index (χ4n) is 2.85. The van der Waals surface area contributed by atoms with Gasteiger partial charge in [0.15, 0.2) is 0 Å². The molecular weight excluding hydrogens is 270 g/mol. The zero-order valence-electron chi connectivity index (χ0n) is 11.2. The van der Waals surface area contributed by atoms with E-state index in [0.29, 0.717) is 12.6 Å². The van der Waals surface area contributed by atoms with Crippen LogP contribution in [0.2, 0.25) is 5.02 Å². The van der Waals surface area contributed by atoms with Gasteiger partial charge in [0, 0.05) is 17.6 Å². The first kappa shape index (κ1) is 13.6. The van der Waals surface area contributed by atoms with Gasteiger partial charge in [0.25, 0.3) is 0 Å². The van der Waals surface area contributed by atoms with Crippen LogP contribution in [0.3, 0.4) is 0 Å². The summed E-state index contributed by atoms with van der Waals surface area (Å²) in [5, 5.41) is 14.5. The first-order valence-corrected chi connectivity index (χ1v) is 7.36. The van der Waals surface area contributed by atoms with Crippen molar-refractivity contribution >= 4 is 11.6 Å². The molecule has 3 rings (SSSR count). The highest BCUT2D eigenvalue weighted by atomic mass is 35.5. The standard InChI is InChI=1S/C17H18ClNO/c18-14-7-8-15-13(10-14)6-9-16(15)19-11-17(20)12-4-2-1-3-5-12/h1-5,7-8,10,16-17,19-20H,6,9,11H2. The molecule has 2 aromatic carbocycles. The summed E-state index contributed by atoms with van der Waals surface area (Å²) in [5.41, 5.74) is 3.59. The highest BCUT2D eigenvalue weighted by Gasteiger charge is 2.22. The number of fused-ring (bicyclic) bond motifs is 1. The van der Waals surface area contributed by atoms with Crippen LogP contribution in [-0.4, -0.2) is 11.7 Å². The summed E-state index contributed by atoms with van der Waals surface area (Å²) in [6, 6.07) is 16.2. The lowest BCUT2D eigenvalue weighted by atomic mass is 10.1. The largest absolute Gasteiger partial charge is 0.387 e. The van der Waals surface area contributed by atoms with Crippen molar-refractivity contribution in [1.29, 1.82) is 0 Å². The van der Waals surface area contributed by atoms with E-state index in [-0.39, 0.29) is 0 Å². The topological polar surface area (TPSA) is 32.3 Å². The Balaban J connectivity index is 1.64. The van der Waals surface area contributed by atoms with Crippen LogP contribution in [0, 0.1) is 0 Å². The molecule has 2 aromatic rings. The van der Waals surface area contributed by atoms with Gasteiger partial charge in [0.2, 0.25) is 0 Å². The van der Waals surface area contributed by atoms with Crippen molar-refractivity contribution in [2.75, 3.05) is 6.54 Å². The van der Waals surface area contributed by atoms with Crippen molar-refractivity contribution in [3.63, 3.8) is 0 Å². The molecular formula is C17H18ClNO. The molecule has 2 atom stereocenters. The average Bonchev–Trinajstić information content (AvgIpc) is 2.88. The van der Waals surface area contributed by atoms with Crippen LogP contribution in [-0.2, 0) is 6.42 Å². The number of aliphatic hydroxyl groups is 1. The van der Waals surface area contributed by atoms with Crippen molar-refractivity contribution < 1.29 is 5.11 Å².